The zero-order valence-electron chi connectivity index (χ0n) is 21.5. The Kier molecular flexibility index (Phi) is 8.31. The van der Waals surface area contributed by atoms with Crippen LogP contribution in [0.15, 0.2) is 152 Å². The van der Waals surface area contributed by atoms with E-state index in [1.807, 2.05) is 97.1 Å². The molecular weight excluding hydrogens is 500 g/mol. The number of benzene rings is 5. The van der Waals surface area contributed by atoms with Crippen LogP contribution >= 0.6 is 6.89 Å². The minimum absolute atomic E-state index is 0.177. The first-order valence-corrected chi connectivity index (χ1v) is 14.7. The van der Waals surface area contributed by atoms with Crippen molar-refractivity contribution < 1.29 is 9.18 Å². The lowest BCUT2D eigenvalue weighted by Crippen LogP contribution is -2.39. The second-order valence-electron chi connectivity index (χ2n) is 9.06. The fourth-order valence-corrected chi connectivity index (χ4v) is 9.32. The number of halogens is 1. The van der Waals surface area contributed by atoms with E-state index in [0.717, 1.165) is 21.5 Å². The molecule has 0 aliphatic rings. The largest absolute Gasteiger partial charge is 0.348 e. The van der Waals surface area contributed by atoms with E-state index in [0.29, 0.717) is 17.4 Å². The molecule has 0 atom stereocenters. The number of hydrogen-bond acceptors (Lipinski definition) is 1. The van der Waals surface area contributed by atoms with Gasteiger partial charge in [0.05, 0.1) is 5.29 Å². The van der Waals surface area contributed by atoms with Gasteiger partial charge in [-0.05, 0) is 46.1 Å². The van der Waals surface area contributed by atoms with Gasteiger partial charge in [-0.15, -0.1) is 0 Å². The standard InChI is InChI=1S/C35H29FNOP/c36-30-25-23-29(24-26-30)34(35(38)37-27-13-16-28-14-5-1-6-15-28)39(31-17-7-2-8-18-31,32-19-9-3-10-20-32)33-21-11-4-12-22-33/h1-26H,27H2,(H,37,38)/b16-13+. The maximum atomic E-state index is 14.4. The molecule has 0 heterocycles. The smallest absolute Gasteiger partial charge is 0.253 e. The molecule has 1 amide bonds. The van der Waals surface area contributed by atoms with E-state index < -0.39 is 6.89 Å². The van der Waals surface area contributed by atoms with E-state index >= 15 is 0 Å². The molecule has 39 heavy (non-hydrogen) atoms. The van der Waals surface area contributed by atoms with Gasteiger partial charge >= 0.3 is 0 Å². The second-order valence-corrected chi connectivity index (χ2v) is 12.4. The SMILES string of the molecule is O=C(NC/C=C/c1ccccc1)C(c1ccc(F)cc1)=P(c1ccccc1)(c1ccccc1)c1ccccc1. The summed E-state index contributed by atoms with van der Waals surface area (Å²) in [5, 5.41) is 6.95. The molecule has 0 saturated carbocycles. The van der Waals surface area contributed by atoms with Crippen molar-refractivity contribution in [2.75, 3.05) is 6.54 Å². The van der Waals surface area contributed by atoms with E-state index in [2.05, 4.69) is 41.7 Å². The van der Waals surface area contributed by atoms with Gasteiger partial charge in [-0.2, -0.15) is 0 Å². The van der Waals surface area contributed by atoms with Crippen molar-refractivity contribution in [3.63, 3.8) is 0 Å². The Morgan fingerprint density at radius 1 is 0.615 bits per heavy atom. The predicted molar refractivity (Wildman–Crippen MR) is 164 cm³/mol. The third-order valence-corrected chi connectivity index (χ3v) is 10.9. The van der Waals surface area contributed by atoms with Crippen LogP contribution in [-0.2, 0) is 4.79 Å². The van der Waals surface area contributed by atoms with Gasteiger partial charge in [-0.1, -0.05) is 146 Å². The van der Waals surface area contributed by atoms with Gasteiger partial charge in [-0.3, -0.25) is 4.79 Å². The maximum Gasteiger partial charge on any atom is 0.253 e. The van der Waals surface area contributed by atoms with Crippen molar-refractivity contribution in [2.24, 2.45) is 0 Å². The highest BCUT2D eigenvalue weighted by Gasteiger charge is 2.33. The summed E-state index contributed by atoms with van der Waals surface area (Å²) in [5.74, 6) is -0.517. The molecule has 0 aliphatic carbocycles. The second kappa shape index (κ2) is 12.4. The molecule has 5 aromatic carbocycles. The summed E-state index contributed by atoms with van der Waals surface area (Å²) in [4.78, 5) is 14.4. The van der Waals surface area contributed by atoms with Gasteiger partial charge in [0.2, 0.25) is 0 Å². The average Bonchev–Trinajstić information content (AvgIpc) is 3.00. The highest BCUT2D eigenvalue weighted by molar-refractivity contribution is 7.96. The van der Waals surface area contributed by atoms with Crippen molar-refractivity contribution in [3.8, 4) is 0 Å². The molecule has 0 saturated heterocycles. The molecule has 0 fully saturated rings. The number of hydrogen-bond donors (Lipinski definition) is 1. The van der Waals surface area contributed by atoms with Crippen molar-refractivity contribution >= 4 is 40.1 Å². The molecule has 4 heteroatoms. The quantitative estimate of drug-likeness (QED) is 0.239. The lowest BCUT2D eigenvalue weighted by molar-refractivity contribution is -0.114. The first-order valence-electron chi connectivity index (χ1n) is 12.9. The third kappa shape index (κ3) is 5.70. The Labute approximate surface area is 229 Å². The number of amides is 1. The van der Waals surface area contributed by atoms with E-state index in [4.69, 9.17) is 0 Å². The van der Waals surface area contributed by atoms with Crippen LogP contribution in [0.25, 0.3) is 6.08 Å². The summed E-state index contributed by atoms with van der Waals surface area (Å²) >= 11 is 0. The van der Waals surface area contributed by atoms with Crippen LogP contribution in [0.4, 0.5) is 4.39 Å². The summed E-state index contributed by atoms with van der Waals surface area (Å²) in [6.45, 7) is -2.35. The molecule has 0 unspecified atom stereocenters. The van der Waals surface area contributed by atoms with Crippen molar-refractivity contribution in [3.05, 3.63) is 169 Å². The molecule has 0 aliphatic heterocycles. The van der Waals surface area contributed by atoms with Crippen molar-refractivity contribution in [1.29, 1.82) is 0 Å². The van der Waals surface area contributed by atoms with Crippen LogP contribution in [0.2, 0.25) is 0 Å². The Bertz CT molecular complexity index is 1490. The monoisotopic (exact) mass is 529 g/mol. The number of nitrogens with one attached hydrogen (secondary N) is 1. The molecule has 192 valence electrons. The molecule has 0 radical (unpaired) electrons. The van der Waals surface area contributed by atoms with Crippen LogP contribution in [0, 0.1) is 5.82 Å². The molecule has 5 aromatic rings. The Morgan fingerprint density at radius 2 is 1.05 bits per heavy atom. The van der Waals surface area contributed by atoms with Crippen LogP contribution in [0.5, 0.6) is 0 Å². The minimum atomic E-state index is -2.71. The van der Waals surface area contributed by atoms with Crippen LogP contribution in [0.1, 0.15) is 11.1 Å². The normalized spacial score (nSPS) is 11.3. The van der Waals surface area contributed by atoms with Crippen LogP contribution in [0.3, 0.4) is 0 Å². The molecule has 0 spiro atoms. The van der Waals surface area contributed by atoms with E-state index in [9.17, 15) is 9.18 Å². The maximum absolute atomic E-state index is 14.4. The summed E-state index contributed by atoms with van der Waals surface area (Å²) in [6, 6.07) is 46.9. The molecule has 1 N–H and O–H groups in total. The van der Waals surface area contributed by atoms with Gasteiger partial charge < -0.3 is 5.32 Å². The summed E-state index contributed by atoms with van der Waals surface area (Å²) in [7, 11) is 0. The van der Waals surface area contributed by atoms with Crippen LogP contribution in [-0.4, -0.2) is 17.7 Å². The van der Waals surface area contributed by atoms with Crippen LogP contribution < -0.4 is 21.2 Å². The van der Waals surface area contributed by atoms with Gasteiger partial charge in [0.15, 0.2) is 0 Å². The zero-order valence-corrected chi connectivity index (χ0v) is 22.3. The van der Waals surface area contributed by atoms with E-state index in [1.54, 1.807) is 12.1 Å². The number of rotatable bonds is 8. The average molecular weight is 530 g/mol. The lowest BCUT2D eigenvalue weighted by Gasteiger charge is -2.32. The molecular formula is C35H29FNOP. The molecule has 0 aromatic heterocycles. The predicted octanol–water partition coefficient (Wildman–Crippen LogP) is 6.17. The molecule has 2 nitrogen and oxygen atoms in total. The highest BCUT2D eigenvalue weighted by Crippen LogP contribution is 2.47. The van der Waals surface area contributed by atoms with E-state index in [1.165, 1.54) is 12.1 Å². The zero-order chi connectivity index (χ0) is 26.9. The Hall–Kier alpha value is -4.46. The Balaban J connectivity index is 1.78. The minimum Gasteiger partial charge on any atom is -0.348 e. The highest BCUT2D eigenvalue weighted by atomic mass is 31.2. The first kappa shape index (κ1) is 26.2. The lowest BCUT2D eigenvalue weighted by atomic mass is 10.1. The molecule has 5 rings (SSSR count). The van der Waals surface area contributed by atoms with Gasteiger partial charge in [0.1, 0.15) is 5.82 Å². The number of carbonyl (C=O) groups is 1. The topological polar surface area (TPSA) is 29.1 Å². The molecule has 0 bridgehead atoms. The summed E-state index contributed by atoms with van der Waals surface area (Å²) in [5.41, 5.74) is 1.76. The van der Waals surface area contributed by atoms with E-state index in [-0.39, 0.29) is 11.7 Å². The van der Waals surface area contributed by atoms with Crippen molar-refractivity contribution in [2.45, 2.75) is 0 Å². The fraction of sp³-hybridized carbons (Fsp3) is 0.0286. The van der Waals surface area contributed by atoms with Gasteiger partial charge in [0, 0.05) is 6.54 Å². The van der Waals surface area contributed by atoms with Gasteiger partial charge in [-0.25, -0.2) is 4.39 Å². The van der Waals surface area contributed by atoms with Crippen molar-refractivity contribution in [1.82, 2.24) is 5.32 Å². The van der Waals surface area contributed by atoms with Gasteiger partial charge in [0.25, 0.3) is 5.91 Å². The summed E-state index contributed by atoms with van der Waals surface area (Å²) < 4.78 is 14.1. The Morgan fingerprint density at radius 3 is 1.51 bits per heavy atom. The fourth-order valence-electron chi connectivity index (χ4n) is 4.87. The first-order chi connectivity index (χ1) is 19.2. The third-order valence-electron chi connectivity index (χ3n) is 6.59. The number of carbonyl (C=O) groups excluding carboxylic acids is 1. The summed E-state index contributed by atoms with van der Waals surface area (Å²) in [6.07, 6.45) is 3.94.